The number of halogens is 6. The summed E-state index contributed by atoms with van der Waals surface area (Å²) in [5.74, 6) is -5.91. The largest absolute Gasteiger partial charge is 0.407 e. The van der Waals surface area contributed by atoms with Gasteiger partial charge in [-0.3, -0.25) is 4.79 Å². The highest BCUT2D eigenvalue weighted by molar-refractivity contribution is 5.82. The van der Waals surface area contributed by atoms with Crippen LogP contribution in [0.4, 0.5) is 26.3 Å². The molecule has 0 aromatic heterocycles. The summed E-state index contributed by atoms with van der Waals surface area (Å²) in [5.41, 5.74) is 0. The van der Waals surface area contributed by atoms with E-state index in [2.05, 4.69) is 0 Å². The molecule has 0 atom stereocenters. The van der Waals surface area contributed by atoms with Crippen LogP contribution in [0.5, 0.6) is 0 Å². The van der Waals surface area contributed by atoms with Crippen molar-refractivity contribution in [2.45, 2.75) is 50.9 Å². The van der Waals surface area contributed by atoms with Crippen LogP contribution in [0.25, 0.3) is 0 Å². The van der Waals surface area contributed by atoms with Crippen molar-refractivity contribution in [2.24, 2.45) is 11.8 Å². The summed E-state index contributed by atoms with van der Waals surface area (Å²) in [4.78, 5) is 11.3. The Morgan fingerprint density at radius 1 is 0.944 bits per heavy atom. The van der Waals surface area contributed by atoms with Crippen molar-refractivity contribution in [1.29, 1.82) is 0 Å². The molecule has 1 aliphatic carbocycles. The van der Waals surface area contributed by atoms with Gasteiger partial charge in [0.15, 0.2) is 5.78 Å². The zero-order chi connectivity index (χ0) is 14.0. The van der Waals surface area contributed by atoms with Gasteiger partial charge in [-0.05, 0) is 5.92 Å². The Morgan fingerprint density at radius 3 is 1.78 bits per heavy atom. The quantitative estimate of drug-likeness (QED) is 0.704. The molecule has 0 amide bonds. The predicted molar refractivity (Wildman–Crippen MR) is 51.8 cm³/mol. The molecule has 1 aliphatic rings. The van der Waals surface area contributed by atoms with Crippen LogP contribution in [-0.4, -0.2) is 18.1 Å². The number of ketones is 1. The van der Waals surface area contributed by atoms with E-state index in [1.807, 2.05) is 0 Å². The van der Waals surface area contributed by atoms with Gasteiger partial charge in [-0.2, -0.15) is 26.3 Å². The minimum absolute atomic E-state index is 0.335. The van der Waals surface area contributed by atoms with Crippen LogP contribution >= 0.6 is 0 Å². The molecule has 18 heavy (non-hydrogen) atoms. The van der Waals surface area contributed by atoms with Gasteiger partial charge in [0.25, 0.3) is 0 Å². The van der Waals surface area contributed by atoms with Gasteiger partial charge >= 0.3 is 12.4 Å². The lowest BCUT2D eigenvalue weighted by Crippen LogP contribution is -2.43. The second kappa shape index (κ2) is 5.48. The zero-order valence-electron chi connectivity index (χ0n) is 9.57. The zero-order valence-corrected chi connectivity index (χ0v) is 9.57. The van der Waals surface area contributed by atoms with E-state index in [0.717, 1.165) is 19.3 Å². The third-order valence-electron chi connectivity index (χ3n) is 3.19. The second-order valence-corrected chi connectivity index (χ2v) is 4.69. The Bertz CT molecular complexity index is 273. The summed E-state index contributed by atoms with van der Waals surface area (Å²) in [7, 11) is 0. The molecule has 106 valence electrons. The average molecular weight is 276 g/mol. The van der Waals surface area contributed by atoms with Crippen molar-refractivity contribution in [3.05, 3.63) is 0 Å². The highest BCUT2D eigenvalue weighted by Gasteiger charge is 2.60. The second-order valence-electron chi connectivity index (χ2n) is 4.69. The molecule has 0 spiro atoms. The predicted octanol–water partition coefficient (Wildman–Crippen LogP) is 4.27. The topological polar surface area (TPSA) is 17.1 Å². The molecule has 0 aliphatic heterocycles. The standard InChI is InChI=1S/C11H14F6O/c12-10(13,14)9(11(15,16)17)8(18)6-7-4-2-1-3-5-7/h7,9H,1-6H2. The highest BCUT2D eigenvalue weighted by atomic mass is 19.4. The van der Waals surface area contributed by atoms with Crippen LogP contribution < -0.4 is 0 Å². The molecule has 0 unspecified atom stereocenters. The molecular weight excluding hydrogens is 262 g/mol. The Morgan fingerprint density at radius 2 is 1.39 bits per heavy atom. The van der Waals surface area contributed by atoms with Crippen LogP contribution in [0.15, 0.2) is 0 Å². The van der Waals surface area contributed by atoms with Crippen molar-refractivity contribution in [2.75, 3.05) is 0 Å². The minimum atomic E-state index is -5.55. The molecular formula is C11H14F6O. The van der Waals surface area contributed by atoms with Crippen molar-refractivity contribution >= 4 is 5.78 Å². The highest BCUT2D eigenvalue weighted by Crippen LogP contribution is 2.41. The number of hydrogen-bond acceptors (Lipinski definition) is 1. The van der Waals surface area contributed by atoms with Crippen LogP contribution in [0, 0.1) is 11.8 Å². The SMILES string of the molecule is O=C(CC1CCCCC1)C(C(F)(F)F)C(F)(F)F. The van der Waals surface area contributed by atoms with Crippen LogP contribution in [0.2, 0.25) is 0 Å². The molecule has 1 nitrogen and oxygen atoms in total. The molecule has 0 heterocycles. The molecule has 0 aromatic rings. The van der Waals surface area contributed by atoms with Gasteiger partial charge in [-0.15, -0.1) is 0 Å². The average Bonchev–Trinajstić information content (AvgIpc) is 2.13. The van der Waals surface area contributed by atoms with Crippen LogP contribution in [0.1, 0.15) is 38.5 Å². The molecule has 7 heteroatoms. The van der Waals surface area contributed by atoms with Gasteiger partial charge in [0.2, 0.25) is 5.92 Å². The Kier molecular flexibility index (Phi) is 4.66. The van der Waals surface area contributed by atoms with E-state index >= 15 is 0 Å². The lowest BCUT2D eigenvalue weighted by atomic mass is 9.83. The maximum atomic E-state index is 12.3. The van der Waals surface area contributed by atoms with E-state index in [4.69, 9.17) is 0 Å². The molecule has 0 aromatic carbocycles. The molecule has 0 bridgehead atoms. The summed E-state index contributed by atoms with van der Waals surface area (Å²) in [6.07, 6.45) is -8.20. The normalized spacial score (nSPS) is 19.3. The first-order chi connectivity index (χ1) is 8.12. The van der Waals surface area contributed by atoms with Gasteiger partial charge < -0.3 is 0 Å². The summed E-state index contributed by atoms with van der Waals surface area (Å²) in [6, 6.07) is 0. The Balaban J connectivity index is 2.71. The summed E-state index contributed by atoms with van der Waals surface area (Å²) in [6.45, 7) is 0. The number of alkyl halides is 6. The van der Waals surface area contributed by atoms with Crippen molar-refractivity contribution < 1.29 is 31.1 Å². The van der Waals surface area contributed by atoms with Crippen molar-refractivity contribution in [3.63, 3.8) is 0 Å². The van der Waals surface area contributed by atoms with Gasteiger partial charge in [0, 0.05) is 6.42 Å². The summed E-state index contributed by atoms with van der Waals surface area (Å²) in [5, 5.41) is 0. The summed E-state index contributed by atoms with van der Waals surface area (Å²) < 4.78 is 73.7. The number of rotatable bonds is 3. The monoisotopic (exact) mass is 276 g/mol. The summed E-state index contributed by atoms with van der Waals surface area (Å²) >= 11 is 0. The fraction of sp³-hybridized carbons (Fsp3) is 0.909. The molecule has 1 saturated carbocycles. The first-order valence-corrected chi connectivity index (χ1v) is 5.78. The van der Waals surface area contributed by atoms with Gasteiger partial charge in [-0.25, -0.2) is 0 Å². The van der Waals surface area contributed by atoms with E-state index in [-0.39, 0.29) is 5.92 Å². The van der Waals surface area contributed by atoms with Crippen LogP contribution in [0.3, 0.4) is 0 Å². The third kappa shape index (κ3) is 4.17. The third-order valence-corrected chi connectivity index (χ3v) is 3.19. The number of hydrogen-bond donors (Lipinski definition) is 0. The van der Waals surface area contributed by atoms with Crippen molar-refractivity contribution in [1.82, 2.24) is 0 Å². The van der Waals surface area contributed by atoms with E-state index in [1.165, 1.54) is 0 Å². The van der Waals surface area contributed by atoms with Gasteiger partial charge in [-0.1, -0.05) is 32.1 Å². The maximum absolute atomic E-state index is 12.3. The first kappa shape index (κ1) is 15.3. The Labute approximate surface area is 101 Å². The van der Waals surface area contributed by atoms with Gasteiger partial charge in [0.1, 0.15) is 0 Å². The van der Waals surface area contributed by atoms with Gasteiger partial charge in [0.05, 0.1) is 0 Å². The number of Topliss-reactive ketones (excluding diaryl/α,β-unsaturated/α-hetero) is 1. The molecule has 0 saturated heterocycles. The molecule has 0 radical (unpaired) electrons. The lowest BCUT2D eigenvalue weighted by Gasteiger charge is -2.25. The number of carbonyl (C=O) groups excluding carboxylic acids is 1. The first-order valence-electron chi connectivity index (χ1n) is 5.78. The van der Waals surface area contributed by atoms with Crippen LogP contribution in [-0.2, 0) is 4.79 Å². The van der Waals surface area contributed by atoms with Crippen molar-refractivity contribution in [3.8, 4) is 0 Å². The van der Waals surface area contributed by atoms with E-state index < -0.39 is 30.5 Å². The smallest absolute Gasteiger partial charge is 0.299 e. The minimum Gasteiger partial charge on any atom is -0.299 e. The molecule has 1 rings (SSSR count). The fourth-order valence-electron chi connectivity index (χ4n) is 2.34. The maximum Gasteiger partial charge on any atom is 0.407 e. The fourth-order valence-corrected chi connectivity index (χ4v) is 2.34. The molecule has 0 N–H and O–H groups in total. The van der Waals surface area contributed by atoms with E-state index in [0.29, 0.717) is 12.8 Å². The number of carbonyl (C=O) groups is 1. The van der Waals surface area contributed by atoms with E-state index in [9.17, 15) is 31.1 Å². The molecule has 1 fully saturated rings. The Hall–Kier alpha value is -0.750. The van der Waals surface area contributed by atoms with E-state index in [1.54, 1.807) is 0 Å². The lowest BCUT2D eigenvalue weighted by molar-refractivity contribution is -0.273.